The molecule has 13 heavy (non-hydrogen) atoms. The molecule has 0 atom stereocenters. The number of alkyl halides is 2. The molecular formula is C7H5Cl2F2NO. The second kappa shape index (κ2) is 4.17. The molecule has 0 aliphatic heterocycles. The zero-order valence-electron chi connectivity index (χ0n) is 6.27. The molecule has 0 saturated carbocycles. The summed E-state index contributed by atoms with van der Waals surface area (Å²) >= 11 is 10.9. The minimum Gasteiger partial charge on any atom is -0.392 e. The van der Waals surface area contributed by atoms with E-state index in [-0.39, 0.29) is 15.7 Å². The summed E-state index contributed by atoms with van der Waals surface area (Å²) in [6.45, 7) is -0.538. The van der Waals surface area contributed by atoms with E-state index in [2.05, 4.69) is 4.98 Å². The number of halogens is 4. The van der Waals surface area contributed by atoms with Crippen molar-refractivity contribution in [1.29, 1.82) is 0 Å². The van der Waals surface area contributed by atoms with Crippen LogP contribution >= 0.6 is 23.2 Å². The summed E-state index contributed by atoms with van der Waals surface area (Å²) in [6.07, 6.45) is -2.77. The molecule has 0 aliphatic rings. The van der Waals surface area contributed by atoms with Crippen molar-refractivity contribution in [3.05, 3.63) is 27.5 Å². The molecule has 1 aromatic rings. The van der Waals surface area contributed by atoms with Gasteiger partial charge in [0.1, 0.15) is 10.8 Å². The highest BCUT2D eigenvalue weighted by molar-refractivity contribution is 6.41. The normalized spacial score (nSPS) is 10.9. The van der Waals surface area contributed by atoms with Crippen LogP contribution < -0.4 is 0 Å². The van der Waals surface area contributed by atoms with Gasteiger partial charge < -0.3 is 5.11 Å². The molecule has 6 heteroatoms. The summed E-state index contributed by atoms with van der Waals surface area (Å²) in [5.41, 5.74) is -0.540. The second-order valence-electron chi connectivity index (χ2n) is 2.26. The maximum atomic E-state index is 12.3. The molecule has 1 N–H and O–H groups in total. The maximum absolute atomic E-state index is 12.3. The largest absolute Gasteiger partial charge is 0.392 e. The Labute approximate surface area is 83.1 Å². The standard InChI is InChI=1S/C7H5Cl2F2NO/c8-4-1-3(2-13)5(7(10)11)12-6(4)9/h1,7,13H,2H2. The molecule has 0 aromatic carbocycles. The van der Waals surface area contributed by atoms with E-state index in [9.17, 15) is 8.78 Å². The molecule has 0 saturated heterocycles. The topological polar surface area (TPSA) is 33.1 Å². The monoisotopic (exact) mass is 227 g/mol. The lowest BCUT2D eigenvalue weighted by Gasteiger charge is -2.06. The van der Waals surface area contributed by atoms with E-state index in [1.54, 1.807) is 0 Å². The number of aromatic nitrogens is 1. The SMILES string of the molecule is OCc1cc(Cl)c(Cl)nc1C(F)F. The molecule has 1 aromatic heterocycles. The van der Waals surface area contributed by atoms with Gasteiger partial charge in [-0.25, -0.2) is 13.8 Å². The van der Waals surface area contributed by atoms with Crippen molar-refractivity contribution in [3.8, 4) is 0 Å². The lowest BCUT2D eigenvalue weighted by Crippen LogP contribution is -1.99. The van der Waals surface area contributed by atoms with E-state index in [1.165, 1.54) is 6.07 Å². The molecule has 1 heterocycles. The number of hydrogen-bond acceptors (Lipinski definition) is 2. The fraction of sp³-hybridized carbons (Fsp3) is 0.286. The van der Waals surface area contributed by atoms with Gasteiger partial charge in [-0.1, -0.05) is 23.2 Å². The van der Waals surface area contributed by atoms with Crippen LogP contribution in [0.3, 0.4) is 0 Å². The van der Waals surface area contributed by atoms with Crippen LogP contribution in [-0.2, 0) is 6.61 Å². The van der Waals surface area contributed by atoms with Crippen LogP contribution in [0.4, 0.5) is 8.78 Å². The summed E-state index contributed by atoms with van der Waals surface area (Å²) in [7, 11) is 0. The molecule has 0 amide bonds. The minimum atomic E-state index is -2.77. The van der Waals surface area contributed by atoms with Crippen molar-refractivity contribution in [3.63, 3.8) is 0 Å². The zero-order chi connectivity index (χ0) is 10.0. The third-order valence-corrected chi connectivity index (χ3v) is 2.10. The lowest BCUT2D eigenvalue weighted by atomic mass is 10.2. The summed E-state index contributed by atoms with van der Waals surface area (Å²) in [5, 5.41) is 8.57. The first kappa shape index (κ1) is 10.6. The van der Waals surface area contributed by atoms with Gasteiger partial charge >= 0.3 is 0 Å². The Bertz CT molecular complexity index is 320. The van der Waals surface area contributed by atoms with Crippen LogP contribution in [-0.4, -0.2) is 10.1 Å². The Balaban J connectivity index is 3.25. The van der Waals surface area contributed by atoms with Gasteiger partial charge in [-0.05, 0) is 6.07 Å². The number of rotatable bonds is 2. The van der Waals surface area contributed by atoms with Gasteiger partial charge in [0, 0.05) is 5.56 Å². The van der Waals surface area contributed by atoms with Gasteiger partial charge in [0.15, 0.2) is 0 Å². The van der Waals surface area contributed by atoms with E-state index in [4.69, 9.17) is 28.3 Å². The Morgan fingerprint density at radius 1 is 1.46 bits per heavy atom. The zero-order valence-corrected chi connectivity index (χ0v) is 7.78. The van der Waals surface area contributed by atoms with Crippen LogP contribution in [0.2, 0.25) is 10.2 Å². The van der Waals surface area contributed by atoms with E-state index in [1.807, 2.05) is 0 Å². The molecule has 72 valence electrons. The lowest BCUT2D eigenvalue weighted by molar-refractivity contribution is 0.141. The number of pyridine rings is 1. The van der Waals surface area contributed by atoms with Gasteiger partial charge in [-0.15, -0.1) is 0 Å². The Kier molecular flexibility index (Phi) is 3.41. The predicted octanol–water partition coefficient (Wildman–Crippen LogP) is 2.82. The van der Waals surface area contributed by atoms with Crippen LogP contribution in [0.5, 0.6) is 0 Å². The molecule has 0 fully saturated rings. The van der Waals surface area contributed by atoms with E-state index in [0.29, 0.717) is 0 Å². The van der Waals surface area contributed by atoms with Gasteiger partial charge in [0.25, 0.3) is 6.43 Å². The van der Waals surface area contributed by atoms with Crippen molar-refractivity contribution in [2.24, 2.45) is 0 Å². The fourth-order valence-electron chi connectivity index (χ4n) is 0.833. The van der Waals surface area contributed by atoms with Crippen molar-refractivity contribution < 1.29 is 13.9 Å². The highest BCUT2D eigenvalue weighted by atomic mass is 35.5. The number of nitrogens with zero attached hydrogens (tertiary/aromatic N) is 1. The molecular weight excluding hydrogens is 223 g/mol. The molecule has 2 nitrogen and oxygen atoms in total. The van der Waals surface area contributed by atoms with Gasteiger partial charge in [-0.3, -0.25) is 0 Å². The Morgan fingerprint density at radius 3 is 2.54 bits per heavy atom. The maximum Gasteiger partial charge on any atom is 0.280 e. The molecule has 0 spiro atoms. The molecule has 0 unspecified atom stereocenters. The molecule has 1 rings (SSSR count). The Morgan fingerprint density at radius 2 is 2.08 bits per heavy atom. The van der Waals surface area contributed by atoms with Crippen LogP contribution in [0.1, 0.15) is 17.7 Å². The molecule has 0 aliphatic carbocycles. The smallest absolute Gasteiger partial charge is 0.280 e. The van der Waals surface area contributed by atoms with Crippen LogP contribution in [0.25, 0.3) is 0 Å². The number of aliphatic hydroxyl groups is 1. The van der Waals surface area contributed by atoms with Crippen molar-refractivity contribution >= 4 is 23.2 Å². The van der Waals surface area contributed by atoms with Crippen molar-refractivity contribution in [2.45, 2.75) is 13.0 Å². The van der Waals surface area contributed by atoms with Gasteiger partial charge in [-0.2, -0.15) is 0 Å². The van der Waals surface area contributed by atoms with Crippen molar-refractivity contribution in [1.82, 2.24) is 4.98 Å². The van der Waals surface area contributed by atoms with E-state index in [0.717, 1.165) is 0 Å². The second-order valence-corrected chi connectivity index (χ2v) is 3.03. The Hall–Kier alpha value is -0.450. The first-order valence-electron chi connectivity index (χ1n) is 3.30. The highest BCUT2D eigenvalue weighted by Crippen LogP contribution is 2.28. The van der Waals surface area contributed by atoms with Crippen LogP contribution in [0.15, 0.2) is 6.07 Å². The first-order chi connectivity index (χ1) is 6.06. The fourth-order valence-corrected chi connectivity index (χ4v) is 1.15. The average Bonchev–Trinajstić information content (AvgIpc) is 2.08. The molecule has 0 radical (unpaired) electrons. The average molecular weight is 228 g/mol. The summed E-state index contributed by atoms with van der Waals surface area (Å²) in [4.78, 5) is 3.37. The third-order valence-electron chi connectivity index (χ3n) is 1.42. The summed E-state index contributed by atoms with van der Waals surface area (Å²) < 4.78 is 24.5. The third kappa shape index (κ3) is 2.27. The quantitative estimate of drug-likeness (QED) is 0.789. The first-order valence-corrected chi connectivity index (χ1v) is 4.05. The van der Waals surface area contributed by atoms with Crippen LogP contribution in [0, 0.1) is 0 Å². The minimum absolute atomic E-state index is 0.00981. The number of aliphatic hydroxyl groups excluding tert-OH is 1. The van der Waals surface area contributed by atoms with Gasteiger partial charge in [0.2, 0.25) is 0 Å². The summed E-state index contributed by atoms with van der Waals surface area (Å²) in [6, 6.07) is 1.18. The number of hydrogen-bond donors (Lipinski definition) is 1. The summed E-state index contributed by atoms with van der Waals surface area (Å²) in [5.74, 6) is 0. The predicted molar refractivity (Wildman–Crippen MR) is 45.1 cm³/mol. The van der Waals surface area contributed by atoms with E-state index < -0.39 is 18.7 Å². The molecule has 0 bridgehead atoms. The van der Waals surface area contributed by atoms with Crippen molar-refractivity contribution in [2.75, 3.05) is 0 Å². The highest BCUT2D eigenvalue weighted by Gasteiger charge is 2.16. The van der Waals surface area contributed by atoms with E-state index >= 15 is 0 Å². The van der Waals surface area contributed by atoms with Gasteiger partial charge in [0.05, 0.1) is 11.6 Å².